The second-order valence-corrected chi connectivity index (χ2v) is 4.55. The standard InChI is InChI=1S/C12H18ClN3O/c1-14-16-6-4-3-5-10(16)9-7-11(17-2)12(13)15-8-9/h7-8,10,14H,3-6H2,1-2H3/t10-/m0/s1. The van der Waals surface area contributed by atoms with Crippen LogP contribution in [-0.4, -0.2) is 30.7 Å². The van der Waals surface area contributed by atoms with Gasteiger partial charge in [0.05, 0.1) is 13.2 Å². The summed E-state index contributed by atoms with van der Waals surface area (Å²) in [5.41, 5.74) is 4.39. The maximum atomic E-state index is 5.94. The zero-order valence-corrected chi connectivity index (χ0v) is 11.0. The highest BCUT2D eigenvalue weighted by Gasteiger charge is 2.23. The van der Waals surface area contributed by atoms with Gasteiger partial charge in [-0.3, -0.25) is 5.43 Å². The van der Waals surface area contributed by atoms with E-state index < -0.39 is 0 Å². The molecule has 0 aliphatic carbocycles. The molecule has 0 radical (unpaired) electrons. The fraction of sp³-hybridized carbons (Fsp3) is 0.583. The molecule has 2 heterocycles. The molecular formula is C12H18ClN3O. The Bertz CT molecular complexity index is 386. The maximum absolute atomic E-state index is 5.94. The molecule has 2 rings (SSSR count). The molecule has 1 fully saturated rings. The first kappa shape index (κ1) is 12.6. The van der Waals surface area contributed by atoms with Crippen LogP contribution >= 0.6 is 11.6 Å². The molecule has 1 saturated heterocycles. The highest BCUT2D eigenvalue weighted by atomic mass is 35.5. The van der Waals surface area contributed by atoms with Gasteiger partial charge in [0.15, 0.2) is 10.9 Å². The Morgan fingerprint density at radius 3 is 3.06 bits per heavy atom. The van der Waals surface area contributed by atoms with Crippen molar-refractivity contribution in [3.8, 4) is 5.75 Å². The smallest absolute Gasteiger partial charge is 0.171 e. The number of pyridine rings is 1. The molecule has 4 nitrogen and oxygen atoms in total. The van der Waals surface area contributed by atoms with Crippen molar-refractivity contribution in [2.24, 2.45) is 0 Å². The van der Waals surface area contributed by atoms with Crippen molar-refractivity contribution in [3.05, 3.63) is 23.0 Å². The first-order valence-electron chi connectivity index (χ1n) is 5.89. The van der Waals surface area contributed by atoms with Crippen LogP contribution in [0, 0.1) is 0 Å². The third kappa shape index (κ3) is 2.70. The van der Waals surface area contributed by atoms with Crippen molar-refractivity contribution in [1.29, 1.82) is 0 Å². The van der Waals surface area contributed by atoms with E-state index in [2.05, 4.69) is 15.4 Å². The molecule has 0 amide bonds. The highest BCUT2D eigenvalue weighted by Crippen LogP contribution is 2.32. The van der Waals surface area contributed by atoms with Gasteiger partial charge in [-0.15, -0.1) is 0 Å². The lowest BCUT2D eigenvalue weighted by atomic mass is 9.98. The highest BCUT2D eigenvalue weighted by molar-refractivity contribution is 6.30. The summed E-state index contributed by atoms with van der Waals surface area (Å²) in [6, 6.07) is 2.34. The molecule has 0 spiro atoms. The molecule has 1 aliphatic rings. The Labute approximate surface area is 107 Å². The molecule has 1 aromatic rings. The summed E-state index contributed by atoms with van der Waals surface area (Å²) in [5.74, 6) is 0.644. The molecule has 94 valence electrons. The van der Waals surface area contributed by atoms with Gasteiger partial charge in [-0.1, -0.05) is 18.0 Å². The number of aromatic nitrogens is 1. The molecule has 0 unspecified atom stereocenters. The van der Waals surface area contributed by atoms with Crippen LogP contribution in [0.5, 0.6) is 5.75 Å². The fourth-order valence-corrected chi connectivity index (χ4v) is 2.49. The zero-order valence-electron chi connectivity index (χ0n) is 10.2. The number of nitrogens with one attached hydrogen (secondary N) is 1. The third-order valence-electron chi connectivity index (χ3n) is 3.22. The van der Waals surface area contributed by atoms with Gasteiger partial charge in [-0.05, 0) is 31.5 Å². The first-order chi connectivity index (χ1) is 8.26. The summed E-state index contributed by atoms with van der Waals surface area (Å²) in [7, 11) is 3.57. The Hall–Kier alpha value is -0.840. The van der Waals surface area contributed by atoms with Crippen LogP contribution in [-0.2, 0) is 0 Å². The molecule has 0 aromatic carbocycles. The molecular weight excluding hydrogens is 238 g/mol. The second-order valence-electron chi connectivity index (χ2n) is 4.19. The molecule has 1 aromatic heterocycles. The van der Waals surface area contributed by atoms with E-state index in [0.717, 1.165) is 18.5 Å². The second kappa shape index (κ2) is 5.67. The Kier molecular flexibility index (Phi) is 4.20. The average Bonchev–Trinajstić information content (AvgIpc) is 2.39. The predicted molar refractivity (Wildman–Crippen MR) is 68.2 cm³/mol. The van der Waals surface area contributed by atoms with E-state index in [-0.39, 0.29) is 0 Å². The number of hydrogen-bond acceptors (Lipinski definition) is 4. The molecule has 0 saturated carbocycles. The van der Waals surface area contributed by atoms with Crippen molar-refractivity contribution in [3.63, 3.8) is 0 Å². The minimum atomic E-state index is 0.354. The number of hydrogen-bond donors (Lipinski definition) is 1. The van der Waals surface area contributed by atoms with Gasteiger partial charge in [0.2, 0.25) is 0 Å². The van der Waals surface area contributed by atoms with E-state index in [9.17, 15) is 0 Å². The summed E-state index contributed by atoms with van der Waals surface area (Å²) in [4.78, 5) is 4.18. The van der Waals surface area contributed by atoms with E-state index in [4.69, 9.17) is 16.3 Å². The lowest BCUT2D eigenvalue weighted by Gasteiger charge is -2.35. The third-order valence-corrected chi connectivity index (χ3v) is 3.51. The van der Waals surface area contributed by atoms with Gasteiger partial charge >= 0.3 is 0 Å². The van der Waals surface area contributed by atoms with Crippen LogP contribution in [0.2, 0.25) is 5.15 Å². The number of rotatable bonds is 3. The number of hydrazine groups is 1. The molecule has 1 aliphatic heterocycles. The van der Waals surface area contributed by atoms with E-state index in [1.165, 1.54) is 12.8 Å². The van der Waals surface area contributed by atoms with E-state index >= 15 is 0 Å². The van der Waals surface area contributed by atoms with E-state index in [1.54, 1.807) is 7.11 Å². The SMILES string of the molecule is CNN1CCCC[C@H]1c1cnc(Cl)c(OC)c1. The van der Waals surface area contributed by atoms with Crippen LogP contribution in [0.25, 0.3) is 0 Å². The van der Waals surface area contributed by atoms with Crippen LogP contribution in [0.3, 0.4) is 0 Å². The van der Waals surface area contributed by atoms with Crippen molar-refractivity contribution >= 4 is 11.6 Å². The number of piperidine rings is 1. The molecule has 0 bridgehead atoms. The van der Waals surface area contributed by atoms with Gasteiger partial charge in [0.1, 0.15) is 0 Å². The summed E-state index contributed by atoms with van der Waals surface area (Å²) in [5, 5.41) is 2.66. The number of methoxy groups -OCH3 is 1. The van der Waals surface area contributed by atoms with E-state index in [1.807, 2.05) is 19.3 Å². The van der Waals surface area contributed by atoms with Crippen LogP contribution < -0.4 is 10.2 Å². The predicted octanol–water partition coefficient (Wildman–Crippen LogP) is 2.41. The van der Waals surface area contributed by atoms with Crippen molar-refractivity contribution in [2.45, 2.75) is 25.3 Å². The van der Waals surface area contributed by atoms with Gasteiger partial charge in [-0.25, -0.2) is 9.99 Å². The van der Waals surface area contributed by atoms with Gasteiger partial charge in [0, 0.05) is 12.7 Å². The van der Waals surface area contributed by atoms with Crippen LogP contribution in [0.4, 0.5) is 0 Å². The first-order valence-corrected chi connectivity index (χ1v) is 6.27. The summed E-state index contributed by atoms with van der Waals surface area (Å²) < 4.78 is 5.21. The van der Waals surface area contributed by atoms with Crippen LogP contribution in [0.15, 0.2) is 12.3 Å². The fourth-order valence-electron chi connectivity index (χ4n) is 2.31. The van der Waals surface area contributed by atoms with Gasteiger partial charge < -0.3 is 4.74 Å². The molecule has 1 N–H and O–H groups in total. The molecule has 17 heavy (non-hydrogen) atoms. The van der Waals surface area contributed by atoms with Crippen molar-refractivity contribution in [1.82, 2.24) is 15.4 Å². The zero-order chi connectivity index (χ0) is 12.3. The molecule has 1 atom stereocenters. The quantitative estimate of drug-likeness (QED) is 0.842. The Morgan fingerprint density at radius 2 is 2.35 bits per heavy atom. The monoisotopic (exact) mass is 255 g/mol. The van der Waals surface area contributed by atoms with Crippen molar-refractivity contribution in [2.75, 3.05) is 20.7 Å². The minimum Gasteiger partial charge on any atom is -0.494 e. The van der Waals surface area contributed by atoms with Crippen molar-refractivity contribution < 1.29 is 4.74 Å². The average molecular weight is 256 g/mol. The summed E-state index contributed by atoms with van der Waals surface area (Å²) in [6.45, 7) is 1.06. The largest absolute Gasteiger partial charge is 0.494 e. The summed E-state index contributed by atoms with van der Waals surface area (Å²) >= 11 is 5.94. The lowest BCUT2D eigenvalue weighted by Crippen LogP contribution is -2.41. The molecule has 5 heteroatoms. The number of halogens is 1. The van der Waals surface area contributed by atoms with Crippen LogP contribution in [0.1, 0.15) is 30.9 Å². The Balaban J connectivity index is 2.25. The normalized spacial score (nSPS) is 21.5. The Morgan fingerprint density at radius 1 is 1.53 bits per heavy atom. The summed E-state index contributed by atoms with van der Waals surface area (Å²) in [6.07, 6.45) is 5.45. The topological polar surface area (TPSA) is 37.4 Å². The number of nitrogens with zero attached hydrogens (tertiary/aromatic N) is 2. The van der Waals surface area contributed by atoms with E-state index in [0.29, 0.717) is 16.9 Å². The minimum absolute atomic E-state index is 0.354. The van der Waals surface area contributed by atoms with Gasteiger partial charge in [0.25, 0.3) is 0 Å². The van der Waals surface area contributed by atoms with Gasteiger partial charge in [-0.2, -0.15) is 0 Å². The maximum Gasteiger partial charge on any atom is 0.171 e. The lowest BCUT2D eigenvalue weighted by molar-refractivity contribution is 0.0980. The number of ether oxygens (including phenoxy) is 1.